The minimum atomic E-state index is -4.95. The van der Waals surface area contributed by atoms with Crippen molar-refractivity contribution in [3.63, 3.8) is 0 Å². The average molecular weight is 628 g/mol. The molecule has 0 spiro atoms. The smallest absolute Gasteiger partial charge is 0.370 e. The van der Waals surface area contributed by atoms with E-state index in [-0.39, 0.29) is 47.5 Å². The monoisotopic (exact) mass is 627 g/mol. The first-order valence-corrected chi connectivity index (χ1v) is 15.0. The molecule has 0 aromatic heterocycles. The number of nitrogens with zero attached hydrogens (tertiary/aromatic N) is 1. The summed E-state index contributed by atoms with van der Waals surface area (Å²) in [6, 6.07) is 10.6. The summed E-state index contributed by atoms with van der Waals surface area (Å²) in [5, 5.41) is 5.77. The van der Waals surface area contributed by atoms with Crippen LogP contribution in [0.25, 0.3) is 0 Å². The van der Waals surface area contributed by atoms with Crippen molar-refractivity contribution in [1.29, 1.82) is 0 Å². The summed E-state index contributed by atoms with van der Waals surface area (Å²) in [5.74, 6) is -0.517. The van der Waals surface area contributed by atoms with Crippen LogP contribution in [0.2, 0.25) is 0 Å². The molecule has 1 saturated heterocycles. The molecule has 6 nitrogen and oxygen atoms in total. The van der Waals surface area contributed by atoms with Crippen LogP contribution in [0.4, 0.5) is 31.1 Å². The van der Waals surface area contributed by atoms with Gasteiger partial charge < -0.3 is 20.3 Å². The highest BCUT2D eigenvalue weighted by molar-refractivity contribution is 5.79. The Bertz CT molecular complexity index is 1240. The van der Waals surface area contributed by atoms with E-state index in [4.69, 9.17) is 4.74 Å². The fraction of sp³-hybridized carbons (Fsp3) is 0.562. The maximum Gasteiger partial charge on any atom is 0.416 e. The molecule has 2 N–H and O–H groups in total. The fourth-order valence-corrected chi connectivity index (χ4v) is 6.10. The largest absolute Gasteiger partial charge is 0.416 e. The predicted molar refractivity (Wildman–Crippen MR) is 153 cm³/mol. The predicted octanol–water partition coefficient (Wildman–Crippen LogP) is 7.45. The molecule has 0 radical (unpaired) electrons. The first-order chi connectivity index (χ1) is 20.6. The van der Waals surface area contributed by atoms with Gasteiger partial charge in [0.25, 0.3) is 0 Å². The van der Waals surface area contributed by atoms with Crippen molar-refractivity contribution >= 4 is 11.9 Å². The Morgan fingerprint density at radius 1 is 0.864 bits per heavy atom. The first-order valence-electron chi connectivity index (χ1n) is 15.0. The summed E-state index contributed by atoms with van der Waals surface area (Å²) in [7, 11) is 0. The second-order valence-electron chi connectivity index (χ2n) is 12.1. The lowest BCUT2D eigenvalue weighted by Crippen LogP contribution is -2.50. The molecule has 44 heavy (non-hydrogen) atoms. The Balaban J connectivity index is 1.46. The van der Waals surface area contributed by atoms with Gasteiger partial charge in [-0.1, -0.05) is 30.3 Å². The molecule has 2 aliphatic rings. The summed E-state index contributed by atoms with van der Waals surface area (Å²) >= 11 is 0. The maximum absolute atomic E-state index is 13.6. The third-order valence-corrected chi connectivity index (χ3v) is 8.38. The molecule has 12 heteroatoms. The van der Waals surface area contributed by atoms with Crippen LogP contribution in [0.5, 0.6) is 0 Å². The number of nitrogens with one attached hydrogen (secondary N) is 2. The first kappa shape index (κ1) is 33.6. The minimum absolute atomic E-state index is 0.00945. The van der Waals surface area contributed by atoms with Gasteiger partial charge in [0.2, 0.25) is 5.91 Å². The molecule has 2 fully saturated rings. The zero-order valence-electron chi connectivity index (χ0n) is 25.0. The molecule has 1 aliphatic heterocycles. The number of hydrogen-bond donors (Lipinski definition) is 2. The van der Waals surface area contributed by atoms with E-state index < -0.39 is 35.7 Å². The molecular weight excluding hydrogens is 588 g/mol. The summed E-state index contributed by atoms with van der Waals surface area (Å²) in [6.07, 6.45) is -8.53. The van der Waals surface area contributed by atoms with Gasteiger partial charge in [-0.15, -0.1) is 0 Å². The number of alkyl halides is 6. The summed E-state index contributed by atoms with van der Waals surface area (Å²) in [4.78, 5) is 27.4. The number of carbonyl (C=O) groups is 2. The average Bonchev–Trinajstić information content (AvgIpc) is 2.96. The summed E-state index contributed by atoms with van der Waals surface area (Å²) < 4.78 is 87.0. The van der Waals surface area contributed by atoms with Crippen LogP contribution in [-0.2, 0) is 21.9 Å². The normalized spacial score (nSPS) is 23.7. The van der Waals surface area contributed by atoms with Gasteiger partial charge in [-0.3, -0.25) is 4.79 Å². The Labute approximate surface area is 253 Å². The van der Waals surface area contributed by atoms with Crippen molar-refractivity contribution < 1.29 is 40.7 Å². The highest BCUT2D eigenvalue weighted by Crippen LogP contribution is 2.40. The Hall–Kier alpha value is -3.28. The molecule has 242 valence electrons. The van der Waals surface area contributed by atoms with Crippen LogP contribution >= 0.6 is 0 Å². The van der Waals surface area contributed by atoms with E-state index in [1.807, 2.05) is 44.2 Å². The molecule has 0 bridgehead atoms. The number of ether oxygens (including phenoxy) is 1. The zero-order chi connectivity index (χ0) is 32.2. The molecule has 2 aromatic carbocycles. The van der Waals surface area contributed by atoms with Crippen LogP contribution in [0.1, 0.15) is 87.2 Å². The van der Waals surface area contributed by atoms with Crippen molar-refractivity contribution in [2.45, 2.75) is 95.4 Å². The Morgan fingerprint density at radius 3 is 2.00 bits per heavy atom. The topological polar surface area (TPSA) is 70.7 Å². The molecule has 1 heterocycles. The number of hydrogen-bond acceptors (Lipinski definition) is 3. The van der Waals surface area contributed by atoms with Crippen molar-refractivity contribution in [3.8, 4) is 0 Å². The van der Waals surface area contributed by atoms with E-state index in [0.717, 1.165) is 5.56 Å². The molecule has 2 aromatic rings. The number of benzene rings is 2. The Morgan fingerprint density at radius 2 is 1.45 bits per heavy atom. The molecule has 4 rings (SSSR count). The SMILES string of the molecule is CC(C)NC(=O)N[C@H]1CC[C@H](C(=O)N2CC[C@H](O[C@H](C)c3cc(C(F)(F)F)cc(C(F)(F)F)c3)[C@H](c3ccccc3)C2)CC1. The van der Waals surface area contributed by atoms with Gasteiger partial charge in [0.15, 0.2) is 0 Å². The number of amides is 3. The second-order valence-corrected chi connectivity index (χ2v) is 12.1. The lowest BCUT2D eigenvalue weighted by Gasteiger charge is -2.42. The van der Waals surface area contributed by atoms with Crippen LogP contribution in [-0.4, -0.2) is 48.1 Å². The third-order valence-electron chi connectivity index (χ3n) is 8.38. The van der Waals surface area contributed by atoms with E-state index >= 15 is 0 Å². The van der Waals surface area contributed by atoms with Gasteiger partial charge in [-0.25, -0.2) is 4.79 Å². The number of carbonyl (C=O) groups excluding carboxylic acids is 2. The van der Waals surface area contributed by atoms with Crippen molar-refractivity contribution in [2.75, 3.05) is 13.1 Å². The van der Waals surface area contributed by atoms with Crippen LogP contribution < -0.4 is 10.6 Å². The van der Waals surface area contributed by atoms with Gasteiger partial charge in [-0.05, 0) is 82.2 Å². The molecule has 0 unspecified atom stereocenters. The molecular formula is C32H39F6N3O3. The van der Waals surface area contributed by atoms with E-state index in [1.165, 1.54) is 6.92 Å². The van der Waals surface area contributed by atoms with Gasteiger partial charge in [0.1, 0.15) is 0 Å². The molecule has 3 amide bonds. The van der Waals surface area contributed by atoms with Crippen LogP contribution in [0.3, 0.4) is 0 Å². The molecule has 3 atom stereocenters. The van der Waals surface area contributed by atoms with E-state index in [0.29, 0.717) is 57.3 Å². The minimum Gasteiger partial charge on any atom is -0.370 e. The molecule has 1 saturated carbocycles. The fourth-order valence-electron chi connectivity index (χ4n) is 6.10. The van der Waals surface area contributed by atoms with Crippen molar-refractivity contribution in [2.24, 2.45) is 5.92 Å². The lowest BCUT2D eigenvalue weighted by molar-refractivity contribution is -0.143. The highest BCUT2D eigenvalue weighted by Gasteiger charge is 2.40. The van der Waals surface area contributed by atoms with Crippen LogP contribution in [0, 0.1) is 5.92 Å². The number of likely N-dealkylation sites (tertiary alicyclic amines) is 1. The number of urea groups is 1. The Kier molecular flexibility index (Phi) is 10.5. The number of piperidine rings is 1. The number of rotatable bonds is 7. The van der Waals surface area contributed by atoms with Crippen molar-refractivity contribution in [3.05, 3.63) is 70.8 Å². The van der Waals surface area contributed by atoms with Gasteiger partial charge in [0, 0.05) is 37.0 Å². The second kappa shape index (κ2) is 13.8. The van der Waals surface area contributed by atoms with Gasteiger partial charge in [0.05, 0.1) is 23.3 Å². The molecule has 1 aliphatic carbocycles. The van der Waals surface area contributed by atoms with Gasteiger partial charge >= 0.3 is 18.4 Å². The van der Waals surface area contributed by atoms with E-state index in [9.17, 15) is 35.9 Å². The lowest BCUT2D eigenvalue weighted by atomic mass is 9.83. The summed E-state index contributed by atoms with van der Waals surface area (Å²) in [5.41, 5.74) is -2.12. The van der Waals surface area contributed by atoms with Crippen molar-refractivity contribution in [1.82, 2.24) is 15.5 Å². The number of halogens is 6. The zero-order valence-corrected chi connectivity index (χ0v) is 25.0. The summed E-state index contributed by atoms with van der Waals surface area (Å²) in [6.45, 7) is 5.86. The van der Waals surface area contributed by atoms with E-state index in [1.54, 1.807) is 4.90 Å². The third kappa shape index (κ3) is 8.67. The van der Waals surface area contributed by atoms with Crippen LogP contribution in [0.15, 0.2) is 48.5 Å². The highest BCUT2D eigenvalue weighted by atomic mass is 19.4. The van der Waals surface area contributed by atoms with Gasteiger partial charge in [-0.2, -0.15) is 26.3 Å². The maximum atomic E-state index is 13.6. The van der Waals surface area contributed by atoms with E-state index in [2.05, 4.69) is 10.6 Å². The quantitative estimate of drug-likeness (QED) is 0.314. The standard InChI is InChI=1S/C32H39F6N3O3/c1-19(2)39-30(43)40-26-11-9-22(10-12-26)29(42)41-14-13-28(27(18-41)21-7-5-4-6-8-21)44-20(3)23-15-24(31(33,34)35)17-25(16-23)32(36,37)38/h4-8,15-17,19-20,22,26-28H,9-14,18H2,1-3H3,(H2,39,40,43)/t20-,22-,26-,27+,28+/m1/s1.